The first-order chi connectivity index (χ1) is 12.1. The van der Waals surface area contributed by atoms with Gasteiger partial charge >= 0.3 is 0 Å². The van der Waals surface area contributed by atoms with Crippen LogP contribution in [0.3, 0.4) is 0 Å². The summed E-state index contributed by atoms with van der Waals surface area (Å²) in [5, 5.41) is 6.81. The van der Waals surface area contributed by atoms with E-state index in [1.165, 1.54) is 0 Å². The smallest absolute Gasteiger partial charge is 0.251 e. The van der Waals surface area contributed by atoms with Gasteiger partial charge in [-0.25, -0.2) is 9.97 Å². The van der Waals surface area contributed by atoms with Gasteiger partial charge in [-0.05, 0) is 58.7 Å². The Morgan fingerprint density at radius 3 is 2.31 bits per heavy atom. The molecule has 26 heavy (non-hydrogen) atoms. The van der Waals surface area contributed by atoms with Gasteiger partial charge in [0.15, 0.2) is 5.82 Å². The summed E-state index contributed by atoms with van der Waals surface area (Å²) in [5.74, 6) is 0.926. The third kappa shape index (κ3) is 4.38. The van der Waals surface area contributed by atoms with Gasteiger partial charge in [0.25, 0.3) is 5.91 Å². The molecular weight excluding hydrogens is 326 g/mol. The second kappa shape index (κ2) is 6.68. The maximum absolute atomic E-state index is 12.7. The zero-order valence-corrected chi connectivity index (χ0v) is 15.8. The molecule has 6 heteroatoms. The Hall–Kier alpha value is -2.47. The average molecular weight is 353 g/mol. The topological polar surface area (TPSA) is 92.9 Å². The van der Waals surface area contributed by atoms with Gasteiger partial charge in [0.1, 0.15) is 5.82 Å². The first-order valence-corrected chi connectivity index (χ1v) is 8.93. The van der Waals surface area contributed by atoms with E-state index in [-0.39, 0.29) is 23.0 Å². The Labute approximate surface area is 154 Å². The summed E-state index contributed by atoms with van der Waals surface area (Å²) in [5.41, 5.74) is 7.15. The number of anilines is 1. The van der Waals surface area contributed by atoms with Crippen LogP contribution in [0.1, 0.15) is 50.9 Å². The minimum Gasteiger partial charge on any atom is -0.384 e. The van der Waals surface area contributed by atoms with Crippen molar-refractivity contribution in [2.75, 3.05) is 5.73 Å². The van der Waals surface area contributed by atoms with E-state index in [9.17, 15) is 4.79 Å². The zero-order valence-electron chi connectivity index (χ0n) is 15.8. The van der Waals surface area contributed by atoms with E-state index in [1.807, 2.05) is 12.1 Å². The third-order valence-corrected chi connectivity index (χ3v) is 4.61. The Bertz CT molecular complexity index is 782. The fourth-order valence-corrected chi connectivity index (χ4v) is 3.98. The SMILES string of the molecule is CC1(C)CC(NC(=O)c2ccc(-c3nccc(N)n3)cc2)CC(C)(C)N1. The molecule has 1 aromatic carbocycles. The molecule has 0 radical (unpaired) electrons. The van der Waals surface area contributed by atoms with Crippen LogP contribution in [-0.2, 0) is 0 Å². The van der Waals surface area contributed by atoms with E-state index < -0.39 is 0 Å². The lowest BCUT2D eigenvalue weighted by atomic mass is 9.79. The number of nitrogens with one attached hydrogen (secondary N) is 2. The number of benzene rings is 1. The number of aromatic nitrogens is 2. The fraction of sp³-hybridized carbons (Fsp3) is 0.450. The summed E-state index contributed by atoms with van der Waals surface area (Å²) in [6.45, 7) is 8.70. The van der Waals surface area contributed by atoms with E-state index in [1.54, 1.807) is 24.4 Å². The first kappa shape index (κ1) is 18.3. The quantitative estimate of drug-likeness (QED) is 0.789. The lowest BCUT2D eigenvalue weighted by molar-refractivity contribution is 0.0873. The summed E-state index contributed by atoms with van der Waals surface area (Å²) >= 11 is 0. The van der Waals surface area contributed by atoms with Crippen LogP contribution in [-0.4, -0.2) is 33.0 Å². The molecule has 0 spiro atoms. The molecule has 3 rings (SSSR count). The molecule has 2 heterocycles. The molecule has 138 valence electrons. The van der Waals surface area contributed by atoms with Gasteiger partial charge in [0.05, 0.1) is 0 Å². The largest absolute Gasteiger partial charge is 0.384 e. The highest BCUT2D eigenvalue weighted by Gasteiger charge is 2.38. The summed E-state index contributed by atoms with van der Waals surface area (Å²) in [6.07, 6.45) is 3.42. The lowest BCUT2D eigenvalue weighted by Crippen LogP contribution is -2.62. The molecule has 6 nitrogen and oxygen atoms in total. The van der Waals surface area contributed by atoms with Crippen molar-refractivity contribution >= 4 is 11.7 Å². The van der Waals surface area contributed by atoms with Crippen molar-refractivity contribution in [1.29, 1.82) is 0 Å². The van der Waals surface area contributed by atoms with Crippen LogP contribution in [0.5, 0.6) is 0 Å². The molecular formula is C20H27N5O. The number of amides is 1. The van der Waals surface area contributed by atoms with E-state index >= 15 is 0 Å². The monoisotopic (exact) mass is 353 g/mol. The summed E-state index contributed by atoms with van der Waals surface area (Å²) in [6, 6.07) is 9.09. The van der Waals surface area contributed by atoms with Gasteiger partial charge in [0.2, 0.25) is 0 Å². The third-order valence-electron chi connectivity index (χ3n) is 4.61. The lowest BCUT2D eigenvalue weighted by Gasteiger charge is -2.46. The van der Waals surface area contributed by atoms with Crippen molar-refractivity contribution in [1.82, 2.24) is 20.6 Å². The first-order valence-electron chi connectivity index (χ1n) is 8.93. The molecule has 1 aliphatic rings. The molecule has 1 fully saturated rings. The summed E-state index contributed by atoms with van der Waals surface area (Å²) in [4.78, 5) is 21.1. The predicted octanol–water partition coefficient (Wildman–Crippen LogP) is 2.76. The molecule has 1 saturated heterocycles. The van der Waals surface area contributed by atoms with Crippen molar-refractivity contribution < 1.29 is 4.79 Å². The number of piperidine rings is 1. The summed E-state index contributed by atoms with van der Waals surface area (Å²) in [7, 11) is 0. The molecule has 1 aliphatic heterocycles. The molecule has 0 saturated carbocycles. The standard InChI is InChI=1S/C20H27N5O/c1-19(2)11-15(12-20(3,4)25-19)23-18(26)14-7-5-13(6-8-14)17-22-10-9-16(21)24-17/h5-10,15,25H,11-12H2,1-4H3,(H,23,26)(H2,21,22,24). The van der Waals surface area contributed by atoms with Crippen molar-refractivity contribution in [3.05, 3.63) is 42.1 Å². The Morgan fingerprint density at radius 1 is 1.12 bits per heavy atom. The van der Waals surface area contributed by atoms with Gasteiger partial charge in [-0.2, -0.15) is 0 Å². The highest BCUT2D eigenvalue weighted by atomic mass is 16.1. The number of nitrogens with two attached hydrogens (primary N) is 1. The van der Waals surface area contributed by atoms with Crippen molar-refractivity contribution in [3.63, 3.8) is 0 Å². The number of hydrogen-bond donors (Lipinski definition) is 3. The van der Waals surface area contributed by atoms with Gasteiger partial charge in [-0.1, -0.05) is 12.1 Å². The Morgan fingerprint density at radius 2 is 1.73 bits per heavy atom. The highest BCUT2D eigenvalue weighted by molar-refractivity contribution is 5.94. The van der Waals surface area contributed by atoms with Crippen LogP contribution in [0.2, 0.25) is 0 Å². The zero-order chi connectivity index (χ0) is 18.9. The Kier molecular flexibility index (Phi) is 4.71. The second-order valence-electron chi connectivity index (χ2n) is 8.35. The van der Waals surface area contributed by atoms with Crippen LogP contribution in [0.4, 0.5) is 5.82 Å². The molecule has 1 aromatic heterocycles. The maximum Gasteiger partial charge on any atom is 0.251 e. The molecule has 0 atom stereocenters. The molecule has 0 bridgehead atoms. The molecule has 0 aliphatic carbocycles. The van der Waals surface area contributed by atoms with Crippen molar-refractivity contribution in [3.8, 4) is 11.4 Å². The second-order valence-corrected chi connectivity index (χ2v) is 8.35. The number of hydrogen-bond acceptors (Lipinski definition) is 5. The normalized spacial score (nSPS) is 19.1. The van der Waals surface area contributed by atoms with Crippen LogP contribution < -0.4 is 16.4 Å². The van der Waals surface area contributed by atoms with Crippen molar-refractivity contribution in [2.45, 2.75) is 57.7 Å². The van der Waals surface area contributed by atoms with Gasteiger partial charge in [0, 0.05) is 34.4 Å². The average Bonchev–Trinajstić information content (AvgIpc) is 2.52. The van der Waals surface area contributed by atoms with Crippen LogP contribution in [0.25, 0.3) is 11.4 Å². The molecule has 4 N–H and O–H groups in total. The maximum atomic E-state index is 12.7. The van der Waals surface area contributed by atoms with Gasteiger partial charge < -0.3 is 16.4 Å². The number of rotatable bonds is 3. The number of nitrogen functional groups attached to an aromatic ring is 1. The highest BCUT2D eigenvalue weighted by Crippen LogP contribution is 2.28. The van der Waals surface area contributed by atoms with Gasteiger partial charge in [-0.15, -0.1) is 0 Å². The van der Waals surface area contributed by atoms with Crippen molar-refractivity contribution in [2.24, 2.45) is 0 Å². The fourth-order valence-electron chi connectivity index (χ4n) is 3.98. The predicted molar refractivity (Wildman–Crippen MR) is 104 cm³/mol. The molecule has 2 aromatic rings. The molecule has 0 unspecified atom stereocenters. The van der Waals surface area contributed by atoms with E-state index in [2.05, 4.69) is 48.3 Å². The number of nitrogens with zero attached hydrogens (tertiary/aromatic N) is 2. The van der Waals surface area contributed by atoms with E-state index in [4.69, 9.17) is 5.73 Å². The number of carbonyl (C=O) groups excluding carboxylic acids is 1. The van der Waals surface area contributed by atoms with E-state index in [0.717, 1.165) is 18.4 Å². The van der Waals surface area contributed by atoms with E-state index in [0.29, 0.717) is 17.2 Å². The number of carbonyl (C=O) groups is 1. The molecule has 1 amide bonds. The van der Waals surface area contributed by atoms with Crippen LogP contribution in [0, 0.1) is 0 Å². The minimum absolute atomic E-state index is 0.00582. The summed E-state index contributed by atoms with van der Waals surface area (Å²) < 4.78 is 0. The minimum atomic E-state index is -0.0523. The Balaban J connectivity index is 1.70. The van der Waals surface area contributed by atoms with Crippen LogP contribution in [0.15, 0.2) is 36.5 Å². The van der Waals surface area contributed by atoms with Gasteiger partial charge in [-0.3, -0.25) is 4.79 Å². The van der Waals surface area contributed by atoms with Crippen LogP contribution >= 0.6 is 0 Å².